The third-order valence-electron chi connectivity index (χ3n) is 9.90. The summed E-state index contributed by atoms with van der Waals surface area (Å²) in [6, 6.07) is 21.1. The van der Waals surface area contributed by atoms with E-state index in [2.05, 4.69) is 55.1 Å². The Morgan fingerprint density at radius 1 is 0.471 bits per heavy atom. The summed E-state index contributed by atoms with van der Waals surface area (Å²) < 4.78 is 0. The molecule has 0 aromatic heterocycles. The highest BCUT2D eigenvalue weighted by Crippen LogP contribution is 2.29. The molecule has 3 aromatic rings. The van der Waals surface area contributed by atoms with Gasteiger partial charge >= 0.3 is 11.4 Å². The topological polar surface area (TPSA) is 89.5 Å². The molecule has 3 aromatic carbocycles. The Bertz CT molecular complexity index is 1410. The molecule has 0 heterocycles. The van der Waals surface area contributed by atoms with E-state index in [-0.39, 0.29) is 0 Å². The molecule has 3 rings (SSSR count). The maximum absolute atomic E-state index is 11.3. The van der Waals surface area contributed by atoms with E-state index < -0.39 is 21.2 Å². The highest BCUT2D eigenvalue weighted by molar-refractivity contribution is 5.74. The second kappa shape index (κ2) is 25.0. The van der Waals surface area contributed by atoms with Gasteiger partial charge in [0.1, 0.15) is 0 Å². The Kier molecular flexibility index (Phi) is 20.3. The highest BCUT2D eigenvalue weighted by atomic mass is 16.6. The van der Waals surface area contributed by atoms with E-state index in [1.54, 1.807) is 6.08 Å². The van der Waals surface area contributed by atoms with E-state index in [9.17, 15) is 20.2 Å². The normalized spacial score (nSPS) is 11.3. The Morgan fingerprint density at radius 3 is 1.27 bits per heavy atom. The van der Waals surface area contributed by atoms with Crippen LogP contribution in [0.4, 0.5) is 17.1 Å². The van der Waals surface area contributed by atoms with Gasteiger partial charge in [-0.05, 0) is 53.3 Å². The first kappa shape index (κ1) is 41.4. The molecule has 0 N–H and O–H groups in total. The van der Waals surface area contributed by atoms with E-state index in [1.165, 1.54) is 152 Å². The number of benzene rings is 3. The molecule has 0 aliphatic rings. The molecule has 0 unspecified atom stereocenters. The summed E-state index contributed by atoms with van der Waals surface area (Å²) in [5, 5.41) is 22.4. The first-order valence-electron chi connectivity index (χ1n) is 20.0. The Labute approximate surface area is 307 Å². The molecule has 278 valence electrons. The second-order valence-electron chi connectivity index (χ2n) is 14.1. The fourth-order valence-electron chi connectivity index (χ4n) is 6.74. The molecule has 0 radical (unpaired) electrons. The van der Waals surface area contributed by atoms with Crippen LogP contribution in [0.1, 0.15) is 153 Å². The second-order valence-corrected chi connectivity index (χ2v) is 14.1. The van der Waals surface area contributed by atoms with Gasteiger partial charge < -0.3 is 4.90 Å². The number of nitro benzene ring substituents is 2. The lowest BCUT2D eigenvalue weighted by Gasteiger charge is -2.25. The number of hydrogen-bond acceptors (Lipinski definition) is 5. The maximum Gasteiger partial charge on any atom is 0.346 e. The van der Waals surface area contributed by atoms with Crippen molar-refractivity contribution in [1.29, 1.82) is 0 Å². The molecule has 0 saturated heterocycles. The Morgan fingerprint density at radius 2 is 0.843 bits per heavy atom. The van der Waals surface area contributed by atoms with Gasteiger partial charge in [0.2, 0.25) is 0 Å². The van der Waals surface area contributed by atoms with E-state index >= 15 is 0 Å². The van der Waals surface area contributed by atoms with Gasteiger partial charge in [-0.1, -0.05) is 178 Å². The van der Waals surface area contributed by atoms with Crippen molar-refractivity contribution in [1.82, 2.24) is 0 Å². The van der Waals surface area contributed by atoms with E-state index in [1.807, 2.05) is 18.2 Å². The molecule has 0 fully saturated rings. The van der Waals surface area contributed by atoms with E-state index in [4.69, 9.17) is 0 Å². The molecular weight excluding hydrogens is 635 g/mol. The number of unbranched alkanes of at least 4 members (excludes halogenated alkanes) is 18. The van der Waals surface area contributed by atoms with Crippen molar-refractivity contribution in [2.24, 2.45) is 0 Å². The third-order valence-corrected chi connectivity index (χ3v) is 9.90. The van der Waals surface area contributed by atoms with E-state index in [0.717, 1.165) is 29.8 Å². The Balaban J connectivity index is 1.54. The number of nitro groups is 2. The van der Waals surface area contributed by atoms with Crippen LogP contribution >= 0.6 is 0 Å². The molecule has 0 aliphatic carbocycles. The minimum absolute atomic E-state index is 0.506. The van der Waals surface area contributed by atoms with Crippen molar-refractivity contribution in [3.8, 4) is 11.1 Å². The van der Waals surface area contributed by atoms with Gasteiger partial charge in [-0.15, -0.1) is 0 Å². The average molecular weight is 698 g/mol. The maximum atomic E-state index is 11.3. The highest BCUT2D eigenvalue weighted by Gasteiger charge is 2.23. The largest absolute Gasteiger partial charge is 0.372 e. The minimum atomic E-state index is -0.730. The van der Waals surface area contributed by atoms with Crippen LogP contribution in [0.15, 0.2) is 66.7 Å². The van der Waals surface area contributed by atoms with Gasteiger partial charge in [0.25, 0.3) is 0 Å². The lowest BCUT2D eigenvalue weighted by Crippen LogP contribution is -2.25. The molecule has 7 nitrogen and oxygen atoms in total. The van der Waals surface area contributed by atoms with Crippen LogP contribution in [0, 0.1) is 20.2 Å². The van der Waals surface area contributed by atoms with Gasteiger partial charge in [-0.3, -0.25) is 20.2 Å². The molecule has 0 aliphatic heterocycles. The van der Waals surface area contributed by atoms with Crippen molar-refractivity contribution in [3.05, 3.63) is 98.1 Å². The molecule has 0 bridgehead atoms. The molecule has 7 heteroatoms. The van der Waals surface area contributed by atoms with Crippen LogP contribution < -0.4 is 4.90 Å². The van der Waals surface area contributed by atoms with Crippen molar-refractivity contribution >= 4 is 29.2 Å². The zero-order chi connectivity index (χ0) is 36.5. The smallest absolute Gasteiger partial charge is 0.346 e. The quantitative estimate of drug-likeness (QED) is 0.0326. The summed E-state index contributed by atoms with van der Waals surface area (Å²) in [6.07, 6.45) is 30.7. The molecule has 51 heavy (non-hydrogen) atoms. The number of anilines is 1. The van der Waals surface area contributed by atoms with Crippen molar-refractivity contribution < 1.29 is 9.85 Å². The predicted molar refractivity (Wildman–Crippen MR) is 216 cm³/mol. The molecular formula is C44H63N3O4. The van der Waals surface area contributed by atoms with E-state index in [0.29, 0.717) is 5.56 Å². The van der Waals surface area contributed by atoms with Gasteiger partial charge in [-0.25, -0.2) is 0 Å². The summed E-state index contributed by atoms with van der Waals surface area (Å²) in [5.41, 5.74) is 4.06. The summed E-state index contributed by atoms with van der Waals surface area (Å²) in [4.78, 5) is 23.6. The van der Waals surface area contributed by atoms with Crippen LogP contribution in [-0.2, 0) is 0 Å². The molecule has 0 spiro atoms. The summed E-state index contributed by atoms with van der Waals surface area (Å²) in [7, 11) is 0. The van der Waals surface area contributed by atoms with Gasteiger partial charge in [-0.2, -0.15) is 0 Å². The summed E-state index contributed by atoms with van der Waals surface area (Å²) >= 11 is 0. The molecule has 0 saturated carbocycles. The number of nitrogens with zero attached hydrogens (tertiary/aromatic N) is 3. The molecule has 0 amide bonds. The van der Waals surface area contributed by atoms with Crippen LogP contribution in [0.3, 0.4) is 0 Å². The lowest BCUT2D eigenvalue weighted by atomic mass is 10.0. The zero-order valence-corrected chi connectivity index (χ0v) is 31.5. The Hall–Kier alpha value is -4.00. The first-order chi connectivity index (χ1) is 24.9. The average Bonchev–Trinajstić information content (AvgIpc) is 3.14. The summed E-state index contributed by atoms with van der Waals surface area (Å²) in [5.74, 6) is 0. The van der Waals surface area contributed by atoms with Crippen LogP contribution in [0.2, 0.25) is 0 Å². The fourth-order valence-corrected chi connectivity index (χ4v) is 6.74. The number of rotatable bonds is 28. The third kappa shape index (κ3) is 16.3. The van der Waals surface area contributed by atoms with Crippen molar-refractivity contribution in [2.75, 3.05) is 18.0 Å². The summed E-state index contributed by atoms with van der Waals surface area (Å²) in [6.45, 7) is 6.80. The first-order valence-corrected chi connectivity index (χ1v) is 20.0. The van der Waals surface area contributed by atoms with Gasteiger partial charge in [0.15, 0.2) is 0 Å². The van der Waals surface area contributed by atoms with Crippen LogP contribution in [-0.4, -0.2) is 22.9 Å². The minimum Gasteiger partial charge on any atom is -0.372 e. The lowest BCUT2D eigenvalue weighted by molar-refractivity contribution is -0.422. The van der Waals surface area contributed by atoms with Crippen LogP contribution in [0.5, 0.6) is 0 Å². The number of hydrogen-bond donors (Lipinski definition) is 0. The zero-order valence-electron chi connectivity index (χ0n) is 31.5. The van der Waals surface area contributed by atoms with Crippen molar-refractivity contribution in [3.63, 3.8) is 0 Å². The fraction of sp³-hybridized carbons (Fsp3) is 0.545. The SMILES string of the molecule is CCCCCCCCCCCCN(CCCCCCCCCCCC)c1ccc(-c2ccc(C=Cc3ccc([N+](=O)[O-])c([N+](=O)[O-])c3)cc2)cc1. The van der Waals surface area contributed by atoms with Gasteiger partial charge in [0, 0.05) is 30.9 Å². The monoisotopic (exact) mass is 697 g/mol. The van der Waals surface area contributed by atoms with Crippen LogP contribution in [0.25, 0.3) is 23.3 Å². The molecule has 0 atom stereocenters. The predicted octanol–water partition coefficient (Wildman–Crippen LogP) is 14.0. The van der Waals surface area contributed by atoms with Crippen molar-refractivity contribution in [2.45, 2.75) is 142 Å². The van der Waals surface area contributed by atoms with Gasteiger partial charge in [0.05, 0.1) is 9.85 Å². The standard InChI is InChI=1S/C44H63N3O4/c1-3-5-7-9-11-13-15-17-19-21-35-45(36-22-20-18-16-14-12-10-8-6-4-2)42-32-30-41(31-33-42)40-28-25-38(26-29-40)23-24-39-27-34-43(46(48)49)44(37-39)47(50)51/h23-34,37H,3-22,35-36H2,1-2H3.